The quantitative estimate of drug-likeness (QED) is 0.171. The summed E-state index contributed by atoms with van der Waals surface area (Å²) in [6.07, 6.45) is 2.13. The van der Waals surface area contributed by atoms with Crippen LogP contribution in [0.5, 0.6) is 11.5 Å². The monoisotopic (exact) mass is 477 g/mol. The molecule has 168 valence electrons. The molecule has 0 spiro atoms. The Hall–Kier alpha value is -3.58. The van der Waals surface area contributed by atoms with Crippen molar-refractivity contribution in [2.75, 3.05) is 7.11 Å². The van der Waals surface area contributed by atoms with Crippen LogP contribution in [0.15, 0.2) is 46.4 Å². The lowest BCUT2D eigenvalue weighted by molar-refractivity contribution is -0.385. The van der Waals surface area contributed by atoms with E-state index in [-0.39, 0.29) is 22.1 Å². The van der Waals surface area contributed by atoms with Gasteiger partial charge in [-0.25, -0.2) is 0 Å². The van der Waals surface area contributed by atoms with Crippen LogP contribution in [0.2, 0.25) is 0 Å². The Labute approximate surface area is 188 Å². The number of methoxy groups -OCH3 is 1. The fourth-order valence-electron chi connectivity index (χ4n) is 2.74. The van der Waals surface area contributed by atoms with Gasteiger partial charge in [0.1, 0.15) is 4.90 Å². The van der Waals surface area contributed by atoms with Crippen molar-refractivity contribution in [1.29, 1.82) is 0 Å². The Bertz CT molecular complexity index is 1360. The van der Waals surface area contributed by atoms with Crippen LogP contribution in [0, 0.1) is 21.8 Å². The first-order chi connectivity index (χ1) is 15.2. The molecule has 0 saturated heterocycles. The average Bonchev–Trinajstić information content (AvgIpc) is 3.12. The summed E-state index contributed by atoms with van der Waals surface area (Å²) in [4.78, 5) is 10.1. The zero-order chi connectivity index (χ0) is 23.5. The maximum Gasteiger partial charge on any atom is 0.339 e. The van der Waals surface area contributed by atoms with E-state index >= 15 is 0 Å². The maximum absolute atomic E-state index is 12.7. The Morgan fingerprint density at radius 1 is 1.28 bits per heavy atom. The fourth-order valence-corrected chi connectivity index (χ4v) is 3.90. The number of benzene rings is 2. The first-order valence-corrected chi connectivity index (χ1v) is 11.1. The number of nitro groups is 1. The van der Waals surface area contributed by atoms with E-state index < -0.39 is 15.0 Å². The van der Waals surface area contributed by atoms with E-state index in [2.05, 4.69) is 15.3 Å². The van der Waals surface area contributed by atoms with Gasteiger partial charge in [-0.2, -0.15) is 23.3 Å². The van der Waals surface area contributed by atoms with Crippen molar-refractivity contribution in [3.05, 3.63) is 68.2 Å². The minimum absolute atomic E-state index is 0.0814. The lowest BCUT2D eigenvalue weighted by atomic mass is 10.2. The summed E-state index contributed by atoms with van der Waals surface area (Å²) >= 11 is 5.14. The van der Waals surface area contributed by atoms with Gasteiger partial charge >= 0.3 is 10.1 Å². The molecular formula is C19H19N5O6S2. The Morgan fingerprint density at radius 3 is 2.69 bits per heavy atom. The zero-order valence-corrected chi connectivity index (χ0v) is 18.9. The number of rotatable bonds is 8. The lowest BCUT2D eigenvalue weighted by Gasteiger charge is -2.11. The van der Waals surface area contributed by atoms with Gasteiger partial charge in [0.15, 0.2) is 17.3 Å². The first-order valence-electron chi connectivity index (χ1n) is 9.24. The van der Waals surface area contributed by atoms with Gasteiger partial charge in [-0.05, 0) is 49.0 Å². The van der Waals surface area contributed by atoms with Crippen LogP contribution in [0.25, 0.3) is 0 Å². The molecule has 0 saturated carbocycles. The van der Waals surface area contributed by atoms with Crippen LogP contribution in [0.1, 0.15) is 23.9 Å². The van der Waals surface area contributed by atoms with Gasteiger partial charge in [0.05, 0.1) is 18.2 Å². The molecule has 3 rings (SSSR count). The summed E-state index contributed by atoms with van der Waals surface area (Å²) in [5.41, 5.74) is 0.597. The van der Waals surface area contributed by atoms with E-state index in [4.69, 9.17) is 21.1 Å². The molecule has 0 aliphatic rings. The predicted octanol–water partition coefficient (Wildman–Crippen LogP) is 3.38. The molecule has 0 bridgehead atoms. The van der Waals surface area contributed by atoms with Gasteiger partial charge in [0.25, 0.3) is 5.69 Å². The van der Waals surface area contributed by atoms with Crippen LogP contribution in [-0.2, 0) is 16.5 Å². The number of nitrogens with one attached hydrogen (secondary N) is 1. The number of H-pyrrole nitrogens is 1. The Kier molecular flexibility index (Phi) is 6.69. The summed E-state index contributed by atoms with van der Waals surface area (Å²) < 4.78 is 37.6. The zero-order valence-electron chi connectivity index (χ0n) is 17.3. The predicted molar refractivity (Wildman–Crippen MR) is 118 cm³/mol. The Morgan fingerprint density at radius 2 is 2.03 bits per heavy atom. The van der Waals surface area contributed by atoms with Crippen LogP contribution in [-0.4, -0.2) is 41.5 Å². The van der Waals surface area contributed by atoms with Crippen LogP contribution in [0.4, 0.5) is 5.69 Å². The van der Waals surface area contributed by atoms with Crippen molar-refractivity contribution in [2.45, 2.75) is 25.2 Å². The van der Waals surface area contributed by atoms with Crippen LogP contribution in [0.3, 0.4) is 0 Å². The normalized spacial score (nSPS) is 11.6. The molecule has 0 aliphatic heterocycles. The van der Waals surface area contributed by atoms with Crippen LogP contribution < -0.4 is 8.92 Å². The maximum atomic E-state index is 12.7. The summed E-state index contributed by atoms with van der Waals surface area (Å²) in [5.74, 6) is 0.698. The largest absolute Gasteiger partial charge is 0.493 e. The van der Waals surface area contributed by atoms with Crippen molar-refractivity contribution in [3.8, 4) is 11.5 Å². The number of nitrogens with zero attached hydrogens (tertiary/aromatic N) is 4. The number of nitro benzene ring substituents is 1. The third-order valence-corrected chi connectivity index (χ3v) is 5.90. The average molecular weight is 478 g/mol. The van der Waals surface area contributed by atoms with Crippen molar-refractivity contribution < 1.29 is 22.3 Å². The van der Waals surface area contributed by atoms with Crippen LogP contribution >= 0.6 is 12.2 Å². The number of aryl methyl sites for hydroxylation is 2. The lowest BCUT2D eigenvalue weighted by Crippen LogP contribution is -2.11. The van der Waals surface area contributed by atoms with E-state index in [1.807, 2.05) is 6.92 Å². The van der Waals surface area contributed by atoms with Gasteiger partial charge in [-0.1, -0.05) is 13.0 Å². The second-order valence-corrected chi connectivity index (χ2v) is 8.44. The molecular weight excluding hydrogens is 458 g/mol. The van der Waals surface area contributed by atoms with Gasteiger partial charge in [-0.15, -0.1) is 0 Å². The minimum Gasteiger partial charge on any atom is -0.493 e. The molecule has 11 nitrogen and oxygen atoms in total. The molecule has 0 amide bonds. The molecule has 0 atom stereocenters. The first kappa shape index (κ1) is 23.1. The van der Waals surface area contributed by atoms with E-state index in [0.29, 0.717) is 28.1 Å². The fraction of sp³-hybridized carbons (Fsp3) is 0.211. The highest BCUT2D eigenvalue weighted by Gasteiger charge is 2.23. The number of ether oxygens (including phenoxy) is 1. The standard InChI is InChI=1S/C19H19N5O6S2/c1-4-18-21-22-19(31)23(18)20-11-13-6-8-16(17(9-13)29-3)30-32(27,28)14-7-5-12(2)15(10-14)24(25)26/h5-11H,4H2,1-3H3,(H,22,31)/b20-11+. The number of hydrogen-bond acceptors (Lipinski definition) is 9. The van der Waals surface area contributed by atoms with Crippen molar-refractivity contribution >= 4 is 34.2 Å². The molecule has 32 heavy (non-hydrogen) atoms. The molecule has 1 aromatic heterocycles. The molecule has 0 fully saturated rings. The van der Waals surface area contributed by atoms with E-state index in [1.165, 1.54) is 49.2 Å². The number of hydrogen-bond donors (Lipinski definition) is 1. The van der Waals surface area contributed by atoms with Crippen molar-refractivity contribution in [3.63, 3.8) is 0 Å². The summed E-state index contributed by atoms with van der Waals surface area (Å²) in [7, 11) is -2.99. The summed E-state index contributed by atoms with van der Waals surface area (Å²) in [6, 6.07) is 8.04. The van der Waals surface area contributed by atoms with E-state index in [9.17, 15) is 18.5 Å². The summed E-state index contributed by atoms with van der Waals surface area (Å²) in [6.45, 7) is 3.42. The molecule has 1 heterocycles. The molecule has 2 aromatic carbocycles. The number of aromatic amines is 1. The molecule has 0 aliphatic carbocycles. The van der Waals surface area contributed by atoms with Gasteiger partial charge in [0.2, 0.25) is 4.77 Å². The molecule has 3 aromatic rings. The third-order valence-electron chi connectivity index (χ3n) is 4.41. The topological polar surface area (TPSA) is 142 Å². The molecule has 0 radical (unpaired) electrons. The highest BCUT2D eigenvalue weighted by Crippen LogP contribution is 2.31. The minimum atomic E-state index is -4.34. The smallest absolute Gasteiger partial charge is 0.339 e. The van der Waals surface area contributed by atoms with Crippen molar-refractivity contribution in [1.82, 2.24) is 14.9 Å². The second-order valence-electron chi connectivity index (χ2n) is 6.51. The molecule has 13 heteroatoms. The molecule has 1 N–H and O–H groups in total. The van der Waals surface area contributed by atoms with Gasteiger partial charge < -0.3 is 8.92 Å². The van der Waals surface area contributed by atoms with Gasteiger partial charge in [0, 0.05) is 18.1 Å². The van der Waals surface area contributed by atoms with E-state index in [1.54, 1.807) is 6.07 Å². The van der Waals surface area contributed by atoms with Crippen molar-refractivity contribution in [2.24, 2.45) is 5.10 Å². The Balaban J connectivity index is 1.90. The third kappa shape index (κ3) is 4.84. The highest BCUT2D eigenvalue weighted by atomic mass is 32.2. The summed E-state index contributed by atoms with van der Waals surface area (Å²) in [5, 5.41) is 22.1. The van der Waals surface area contributed by atoms with Gasteiger partial charge in [-0.3, -0.25) is 15.2 Å². The number of aromatic nitrogens is 3. The highest BCUT2D eigenvalue weighted by molar-refractivity contribution is 7.87. The molecule has 0 unspecified atom stereocenters. The SMILES string of the molecule is CCc1n[nH]c(=S)n1/N=C/c1ccc(OS(=O)(=O)c2ccc(C)c([N+](=O)[O-])c2)c(OC)c1. The van der Waals surface area contributed by atoms with E-state index in [0.717, 1.165) is 6.07 Å². The second kappa shape index (κ2) is 9.28.